The predicted molar refractivity (Wildman–Crippen MR) is 97.4 cm³/mol. The van der Waals surface area contributed by atoms with E-state index in [4.69, 9.17) is 0 Å². The van der Waals surface area contributed by atoms with E-state index in [1.165, 1.54) is 28.5 Å². The highest BCUT2D eigenvalue weighted by Gasteiger charge is 2.10. The quantitative estimate of drug-likeness (QED) is 0.563. The van der Waals surface area contributed by atoms with Crippen LogP contribution < -0.4 is 10.9 Å². The minimum Gasteiger partial charge on any atom is -0.324 e. The number of amides is 1. The smallest absolute Gasteiger partial charge is 0.261 e. The third kappa shape index (κ3) is 3.88. The Balaban J connectivity index is 1.65. The van der Waals surface area contributed by atoms with Gasteiger partial charge in [0.05, 0.1) is 16.6 Å². The summed E-state index contributed by atoms with van der Waals surface area (Å²) in [4.78, 5) is 28.7. The van der Waals surface area contributed by atoms with Gasteiger partial charge in [0, 0.05) is 19.2 Å². The third-order valence-corrected chi connectivity index (χ3v) is 4.68. The summed E-state index contributed by atoms with van der Waals surface area (Å²) in [5.74, 6) is -0.329. The van der Waals surface area contributed by atoms with Crippen molar-refractivity contribution in [2.75, 3.05) is 11.1 Å². The molecule has 1 heterocycles. The van der Waals surface area contributed by atoms with Gasteiger partial charge in [0.1, 0.15) is 5.82 Å². The van der Waals surface area contributed by atoms with Gasteiger partial charge in [-0.15, -0.1) is 0 Å². The van der Waals surface area contributed by atoms with Gasteiger partial charge in [-0.3, -0.25) is 14.2 Å². The Morgan fingerprint density at radius 3 is 2.72 bits per heavy atom. The van der Waals surface area contributed by atoms with Crippen LogP contribution in [-0.4, -0.2) is 21.2 Å². The molecule has 0 unspecified atom stereocenters. The summed E-state index contributed by atoms with van der Waals surface area (Å²) < 4.78 is 15.0. The van der Waals surface area contributed by atoms with Gasteiger partial charge in [-0.05, 0) is 24.3 Å². The van der Waals surface area contributed by atoms with Crippen LogP contribution in [0.25, 0.3) is 10.9 Å². The lowest BCUT2D eigenvalue weighted by molar-refractivity contribution is -0.115. The van der Waals surface area contributed by atoms with Gasteiger partial charge in [-0.2, -0.15) is 0 Å². The highest BCUT2D eigenvalue weighted by molar-refractivity contribution is 7.99. The van der Waals surface area contributed by atoms with Gasteiger partial charge < -0.3 is 5.32 Å². The SMILES string of the molecule is Cn1c(SCCC(=O)Nc2ccccc2F)nc2ccccc2c1=O. The van der Waals surface area contributed by atoms with Crippen LogP contribution in [0.1, 0.15) is 6.42 Å². The molecule has 0 aliphatic heterocycles. The first kappa shape index (κ1) is 17.2. The lowest BCUT2D eigenvalue weighted by Gasteiger charge is -2.09. The van der Waals surface area contributed by atoms with E-state index in [0.717, 1.165) is 0 Å². The molecule has 1 N–H and O–H groups in total. The van der Waals surface area contributed by atoms with Crippen molar-refractivity contribution in [3.8, 4) is 0 Å². The first-order valence-corrected chi connectivity index (χ1v) is 8.68. The first-order chi connectivity index (χ1) is 12.1. The minimum absolute atomic E-state index is 0.121. The van der Waals surface area contributed by atoms with E-state index in [1.807, 2.05) is 6.07 Å². The van der Waals surface area contributed by atoms with Crippen LogP contribution >= 0.6 is 11.8 Å². The minimum atomic E-state index is -0.470. The maximum absolute atomic E-state index is 13.5. The van der Waals surface area contributed by atoms with Crippen LogP contribution in [-0.2, 0) is 11.8 Å². The Kier molecular flexibility index (Phi) is 5.14. The molecule has 25 heavy (non-hydrogen) atoms. The zero-order valence-electron chi connectivity index (χ0n) is 13.5. The summed E-state index contributed by atoms with van der Waals surface area (Å²) in [6, 6.07) is 13.2. The Hall–Kier alpha value is -2.67. The molecular weight excluding hydrogens is 341 g/mol. The second-order valence-electron chi connectivity index (χ2n) is 5.40. The molecule has 0 bridgehead atoms. The number of para-hydroxylation sites is 2. The fourth-order valence-corrected chi connectivity index (χ4v) is 3.25. The van der Waals surface area contributed by atoms with Crippen molar-refractivity contribution in [1.82, 2.24) is 9.55 Å². The molecule has 128 valence electrons. The van der Waals surface area contributed by atoms with E-state index in [2.05, 4.69) is 10.3 Å². The fourth-order valence-electron chi connectivity index (χ4n) is 2.34. The summed E-state index contributed by atoms with van der Waals surface area (Å²) in [6.07, 6.45) is 0.182. The molecule has 0 atom stereocenters. The maximum Gasteiger partial charge on any atom is 0.261 e. The molecule has 0 saturated carbocycles. The number of aromatic nitrogens is 2. The summed E-state index contributed by atoms with van der Waals surface area (Å²) in [7, 11) is 1.66. The number of nitrogens with zero attached hydrogens (tertiary/aromatic N) is 2. The predicted octanol–water partition coefficient (Wildman–Crippen LogP) is 3.19. The molecule has 3 aromatic rings. The number of hydrogen-bond acceptors (Lipinski definition) is 4. The molecule has 0 spiro atoms. The molecule has 1 amide bonds. The number of halogens is 1. The normalized spacial score (nSPS) is 10.8. The van der Waals surface area contributed by atoms with Crippen molar-refractivity contribution in [2.24, 2.45) is 7.05 Å². The third-order valence-electron chi connectivity index (χ3n) is 3.65. The first-order valence-electron chi connectivity index (χ1n) is 7.69. The second-order valence-corrected chi connectivity index (χ2v) is 6.46. The van der Waals surface area contributed by atoms with Crippen LogP contribution in [0.3, 0.4) is 0 Å². The van der Waals surface area contributed by atoms with E-state index in [0.29, 0.717) is 21.8 Å². The zero-order chi connectivity index (χ0) is 17.8. The maximum atomic E-state index is 13.5. The van der Waals surface area contributed by atoms with E-state index >= 15 is 0 Å². The molecule has 0 radical (unpaired) electrons. The van der Waals surface area contributed by atoms with Crippen LogP contribution in [0.15, 0.2) is 58.5 Å². The molecule has 2 aromatic carbocycles. The number of carbonyl (C=O) groups excluding carboxylic acids is 1. The van der Waals surface area contributed by atoms with Crippen molar-refractivity contribution in [3.05, 3.63) is 64.7 Å². The van der Waals surface area contributed by atoms with Crippen molar-refractivity contribution in [1.29, 1.82) is 0 Å². The van der Waals surface area contributed by atoms with Gasteiger partial charge in [-0.1, -0.05) is 36.0 Å². The average molecular weight is 357 g/mol. The molecule has 7 heteroatoms. The summed E-state index contributed by atoms with van der Waals surface area (Å²) in [6.45, 7) is 0. The Morgan fingerprint density at radius 2 is 1.92 bits per heavy atom. The summed E-state index contributed by atoms with van der Waals surface area (Å²) >= 11 is 1.32. The topological polar surface area (TPSA) is 64.0 Å². The number of fused-ring (bicyclic) bond motifs is 1. The monoisotopic (exact) mass is 357 g/mol. The molecule has 1 aromatic heterocycles. The number of anilines is 1. The number of benzene rings is 2. The Labute approximate surface area is 147 Å². The number of nitrogens with one attached hydrogen (secondary N) is 1. The van der Waals surface area contributed by atoms with Crippen LogP contribution in [0.4, 0.5) is 10.1 Å². The molecule has 0 saturated heterocycles. The lowest BCUT2D eigenvalue weighted by atomic mass is 10.2. The molecule has 0 aliphatic carbocycles. The number of rotatable bonds is 5. The van der Waals surface area contributed by atoms with Gasteiger partial charge >= 0.3 is 0 Å². The number of thioether (sulfide) groups is 1. The molecule has 0 aliphatic rings. The van der Waals surface area contributed by atoms with Crippen molar-refractivity contribution < 1.29 is 9.18 Å². The molecular formula is C18H16FN3O2S. The Bertz CT molecular complexity index is 987. The number of carbonyl (C=O) groups is 1. The van der Waals surface area contributed by atoms with Crippen molar-refractivity contribution in [3.63, 3.8) is 0 Å². The largest absolute Gasteiger partial charge is 0.324 e. The van der Waals surface area contributed by atoms with Gasteiger partial charge in [0.15, 0.2) is 5.16 Å². The second kappa shape index (κ2) is 7.48. The summed E-state index contributed by atoms with van der Waals surface area (Å²) in [5.41, 5.74) is 0.668. The van der Waals surface area contributed by atoms with Gasteiger partial charge in [0.25, 0.3) is 5.56 Å². The van der Waals surface area contributed by atoms with Crippen molar-refractivity contribution >= 4 is 34.3 Å². The fraction of sp³-hybridized carbons (Fsp3) is 0.167. The van der Waals surface area contributed by atoms with Gasteiger partial charge in [0.2, 0.25) is 5.91 Å². The summed E-state index contributed by atoms with van der Waals surface area (Å²) in [5, 5.41) is 3.64. The van der Waals surface area contributed by atoms with Crippen LogP contribution in [0.2, 0.25) is 0 Å². The molecule has 3 rings (SSSR count). The highest BCUT2D eigenvalue weighted by atomic mass is 32.2. The van der Waals surface area contributed by atoms with E-state index < -0.39 is 5.82 Å². The highest BCUT2D eigenvalue weighted by Crippen LogP contribution is 2.18. The van der Waals surface area contributed by atoms with Gasteiger partial charge in [-0.25, -0.2) is 9.37 Å². The van der Waals surface area contributed by atoms with Crippen LogP contribution in [0.5, 0.6) is 0 Å². The van der Waals surface area contributed by atoms with E-state index in [9.17, 15) is 14.0 Å². The van der Waals surface area contributed by atoms with Crippen LogP contribution in [0, 0.1) is 5.82 Å². The van der Waals surface area contributed by atoms with E-state index in [1.54, 1.807) is 37.4 Å². The molecule has 5 nitrogen and oxygen atoms in total. The Morgan fingerprint density at radius 1 is 1.20 bits per heavy atom. The lowest BCUT2D eigenvalue weighted by Crippen LogP contribution is -2.20. The molecule has 0 fully saturated rings. The van der Waals surface area contributed by atoms with Crippen molar-refractivity contribution in [2.45, 2.75) is 11.6 Å². The zero-order valence-corrected chi connectivity index (χ0v) is 14.3. The standard InChI is InChI=1S/C18H16FN3O2S/c1-22-17(24)12-6-2-4-8-14(12)21-18(22)25-11-10-16(23)20-15-9-5-3-7-13(15)19/h2-9H,10-11H2,1H3,(H,20,23). The van der Waals surface area contributed by atoms with E-state index in [-0.39, 0.29) is 23.6 Å². The number of hydrogen-bond donors (Lipinski definition) is 1. The average Bonchev–Trinajstić information content (AvgIpc) is 2.61.